The summed E-state index contributed by atoms with van der Waals surface area (Å²) in [6.45, 7) is 6.80. The molecule has 1 aromatic rings. The minimum atomic E-state index is -0.317. The van der Waals surface area contributed by atoms with Crippen molar-refractivity contribution < 1.29 is 14.3 Å². The van der Waals surface area contributed by atoms with E-state index in [0.29, 0.717) is 19.4 Å². The molecule has 0 amide bonds. The zero-order chi connectivity index (χ0) is 13.6. The first-order valence-electron chi connectivity index (χ1n) is 6.21. The van der Waals surface area contributed by atoms with E-state index in [1.54, 1.807) is 11.3 Å². The van der Waals surface area contributed by atoms with Crippen LogP contribution in [0.4, 0.5) is 0 Å². The molecular formula is C13H21NO3S. The van der Waals surface area contributed by atoms with Crippen molar-refractivity contribution in [2.45, 2.75) is 45.6 Å². The monoisotopic (exact) mass is 271 g/mol. The Morgan fingerprint density at radius 2 is 2.22 bits per heavy atom. The fourth-order valence-corrected chi connectivity index (χ4v) is 2.67. The van der Waals surface area contributed by atoms with E-state index >= 15 is 0 Å². The number of rotatable bonds is 7. The van der Waals surface area contributed by atoms with Gasteiger partial charge in [0.1, 0.15) is 10.6 Å². The molecule has 0 aromatic carbocycles. The average Bonchev–Trinajstić information content (AvgIpc) is 2.85. The van der Waals surface area contributed by atoms with E-state index in [1.165, 1.54) is 7.11 Å². The van der Waals surface area contributed by atoms with Gasteiger partial charge in [0, 0.05) is 18.4 Å². The van der Waals surface area contributed by atoms with Gasteiger partial charge in [-0.1, -0.05) is 6.92 Å². The van der Waals surface area contributed by atoms with Gasteiger partial charge in [-0.3, -0.25) is 4.79 Å². The fourth-order valence-electron chi connectivity index (χ4n) is 1.63. The molecule has 0 aliphatic carbocycles. The summed E-state index contributed by atoms with van der Waals surface area (Å²) >= 11 is 1.59. The Balaban J connectivity index is 2.69. The van der Waals surface area contributed by atoms with Crippen LogP contribution in [0.1, 0.15) is 44.3 Å². The summed E-state index contributed by atoms with van der Waals surface area (Å²) < 4.78 is 10.4. The lowest BCUT2D eigenvalue weighted by atomic mass is 10.0. The second-order valence-corrected chi connectivity index (χ2v) is 5.10. The number of aryl methyl sites for hydroxylation is 1. The van der Waals surface area contributed by atoms with Gasteiger partial charge >= 0.3 is 5.97 Å². The molecule has 0 bridgehead atoms. The maximum atomic E-state index is 11.1. The van der Waals surface area contributed by atoms with Gasteiger partial charge in [-0.25, -0.2) is 4.98 Å². The maximum Gasteiger partial charge on any atom is 0.305 e. The fraction of sp³-hybridized carbons (Fsp3) is 0.692. The summed E-state index contributed by atoms with van der Waals surface area (Å²) in [5.74, 6) is -0.201. The summed E-state index contributed by atoms with van der Waals surface area (Å²) in [4.78, 5) is 15.6. The molecule has 4 nitrogen and oxygen atoms in total. The van der Waals surface area contributed by atoms with E-state index in [2.05, 4.69) is 23.6 Å². The van der Waals surface area contributed by atoms with Crippen LogP contribution in [0.25, 0.3) is 0 Å². The number of thiazole rings is 1. The maximum absolute atomic E-state index is 11.1. The highest BCUT2D eigenvalue weighted by atomic mass is 32.1. The van der Waals surface area contributed by atoms with Crippen LogP contribution in [-0.4, -0.2) is 24.7 Å². The second kappa shape index (κ2) is 6.85. The van der Waals surface area contributed by atoms with Crippen molar-refractivity contribution in [3.8, 4) is 0 Å². The number of carbonyl (C=O) groups is 1. The highest BCUT2D eigenvalue weighted by Gasteiger charge is 2.28. The van der Waals surface area contributed by atoms with E-state index in [-0.39, 0.29) is 11.6 Å². The molecule has 1 rings (SSSR count). The quantitative estimate of drug-likeness (QED) is 0.715. The molecule has 1 heterocycles. The summed E-state index contributed by atoms with van der Waals surface area (Å²) in [5.41, 5.74) is 0.614. The number of esters is 1. The standard InChI is InChI=1S/C13H21NO3S/c1-5-13(3,17-6-2)12-14-10(9-18-12)7-8-11(15)16-4/h9H,5-8H2,1-4H3. The van der Waals surface area contributed by atoms with Crippen LogP contribution in [0.15, 0.2) is 5.38 Å². The van der Waals surface area contributed by atoms with Crippen molar-refractivity contribution in [1.29, 1.82) is 0 Å². The number of nitrogens with zero attached hydrogens (tertiary/aromatic N) is 1. The van der Waals surface area contributed by atoms with Gasteiger partial charge in [0.2, 0.25) is 0 Å². The average molecular weight is 271 g/mol. The molecule has 102 valence electrons. The zero-order valence-electron chi connectivity index (χ0n) is 11.5. The topological polar surface area (TPSA) is 48.4 Å². The van der Waals surface area contributed by atoms with Gasteiger partial charge in [0.05, 0.1) is 19.2 Å². The van der Waals surface area contributed by atoms with Gasteiger partial charge in [-0.15, -0.1) is 11.3 Å². The first kappa shape index (κ1) is 15.1. The molecule has 0 radical (unpaired) electrons. The van der Waals surface area contributed by atoms with Crippen LogP contribution >= 0.6 is 11.3 Å². The van der Waals surface area contributed by atoms with Crippen LogP contribution in [-0.2, 0) is 26.3 Å². The van der Waals surface area contributed by atoms with Crippen LogP contribution in [0, 0.1) is 0 Å². The van der Waals surface area contributed by atoms with E-state index < -0.39 is 0 Å². The Kier molecular flexibility index (Phi) is 5.75. The summed E-state index contributed by atoms with van der Waals surface area (Å²) in [6.07, 6.45) is 1.87. The number of hydrogen-bond donors (Lipinski definition) is 0. The number of carbonyl (C=O) groups excluding carboxylic acids is 1. The van der Waals surface area contributed by atoms with E-state index in [0.717, 1.165) is 17.1 Å². The molecule has 1 aromatic heterocycles. The highest BCUT2D eigenvalue weighted by Crippen LogP contribution is 2.31. The third-order valence-electron chi connectivity index (χ3n) is 2.95. The van der Waals surface area contributed by atoms with Gasteiger partial charge in [0.25, 0.3) is 0 Å². The highest BCUT2D eigenvalue weighted by molar-refractivity contribution is 7.09. The number of aromatic nitrogens is 1. The van der Waals surface area contributed by atoms with Crippen LogP contribution in [0.3, 0.4) is 0 Å². The van der Waals surface area contributed by atoms with E-state index in [4.69, 9.17) is 4.74 Å². The molecule has 0 fully saturated rings. The molecule has 0 spiro atoms. The normalized spacial score (nSPS) is 14.2. The second-order valence-electron chi connectivity index (χ2n) is 4.24. The first-order valence-corrected chi connectivity index (χ1v) is 7.09. The van der Waals surface area contributed by atoms with Gasteiger partial charge in [-0.05, 0) is 20.3 Å². The number of hydrogen-bond acceptors (Lipinski definition) is 5. The summed E-state index contributed by atoms with van der Waals surface area (Å²) in [7, 11) is 1.40. The van der Waals surface area contributed by atoms with Gasteiger partial charge in [-0.2, -0.15) is 0 Å². The third kappa shape index (κ3) is 3.78. The Hall–Kier alpha value is -0.940. The molecule has 1 unspecified atom stereocenters. The van der Waals surface area contributed by atoms with Gasteiger partial charge < -0.3 is 9.47 Å². The van der Waals surface area contributed by atoms with E-state index in [1.807, 2.05) is 12.3 Å². The predicted octanol–water partition coefficient (Wildman–Crippen LogP) is 2.91. The Morgan fingerprint density at radius 1 is 1.50 bits per heavy atom. The lowest BCUT2D eigenvalue weighted by Gasteiger charge is -2.25. The third-order valence-corrected chi connectivity index (χ3v) is 4.09. The first-order chi connectivity index (χ1) is 8.55. The predicted molar refractivity (Wildman–Crippen MR) is 71.7 cm³/mol. The minimum Gasteiger partial charge on any atom is -0.469 e. The Morgan fingerprint density at radius 3 is 2.78 bits per heavy atom. The number of methoxy groups -OCH3 is 1. The van der Waals surface area contributed by atoms with Gasteiger partial charge in [0.15, 0.2) is 0 Å². The van der Waals surface area contributed by atoms with Crippen molar-refractivity contribution in [1.82, 2.24) is 4.98 Å². The lowest BCUT2D eigenvalue weighted by molar-refractivity contribution is -0.140. The Bertz CT molecular complexity index is 391. The van der Waals surface area contributed by atoms with Crippen LogP contribution in [0.5, 0.6) is 0 Å². The van der Waals surface area contributed by atoms with Crippen molar-refractivity contribution in [2.75, 3.05) is 13.7 Å². The molecule has 0 aliphatic rings. The molecule has 18 heavy (non-hydrogen) atoms. The van der Waals surface area contributed by atoms with E-state index in [9.17, 15) is 4.79 Å². The largest absolute Gasteiger partial charge is 0.469 e. The van der Waals surface area contributed by atoms with Crippen molar-refractivity contribution in [3.05, 3.63) is 16.1 Å². The molecular weight excluding hydrogens is 250 g/mol. The van der Waals surface area contributed by atoms with Crippen LogP contribution < -0.4 is 0 Å². The molecule has 0 N–H and O–H groups in total. The minimum absolute atomic E-state index is 0.201. The Labute approximate surface area is 112 Å². The van der Waals surface area contributed by atoms with Crippen LogP contribution in [0.2, 0.25) is 0 Å². The molecule has 1 atom stereocenters. The summed E-state index contributed by atoms with van der Waals surface area (Å²) in [5, 5.41) is 2.97. The SMILES string of the molecule is CCOC(C)(CC)c1nc(CCC(=O)OC)cs1. The molecule has 0 saturated heterocycles. The molecule has 0 saturated carbocycles. The summed E-state index contributed by atoms with van der Waals surface area (Å²) in [6, 6.07) is 0. The van der Waals surface area contributed by atoms with Crippen molar-refractivity contribution in [3.63, 3.8) is 0 Å². The van der Waals surface area contributed by atoms with Crippen molar-refractivity contribution in [2.24, 2.45) is 0 Å². The number of ether oxygens (including phenoxy) is 2. The molecule has 0 aliphatic heterocycles. The molecule has 5 heteroatoms. The van der Waals surface area contributed by atoms with Crippen molar-refractivity contribution >= 4 is 17.3 Å². The smallest absolute Gasteiger partial charge is 0.305 e. The zero-order valence-corrected chi connectivity index (χ0v) is 12.3. The lowest BCUT2D eigenvalue weighted by Crippen LogP contribution is -2.24.